The number of methoxy groups -OCH3 is 1. The molecule has 0 bridgehead atoms. The summed E-state index contributed by atoms with van der Waals surface area (Å²) in [5.41, 5.74) is 3.43. The van der Waals surface area contributed by atoms with Crippen molar-refractivity contribution in [2.45, 2.75) is 13.0 Å². The number of carbonyl (C=O) groups excluding carboxylic acids is 1. The molecule has 2 aromatic rings. The van der Waals surface area contributed by atoms with E-state index in [9.17, 15) is 4.79 Å². The molecule has 1 N–H and O–H groups in total. The predicted octanol–water partition coefficient (Wildman–Crippen LogP) is 2.48. The maximum absolute atomic E-state index is 12.3. The molecule has 0 unspecified atom stereocenters. The van der Waals surface area contributed by atoms with Crippen molar-refractivity contribution in [3.8, 4) is 5.75 Å². The molecule has 3 rings (SSSR count). The van der Waals surface area contributed by atoms with Gasteiger partial charge in [-0.05, 0) is 29.7 Å². The normalized spacial score (nSPS) is 14.1. The predicted molar refractivity (Wildman–Crippen MR) is 90.8 cm³/mol. The van der Waals surface area contributed by atoms with Gasteiger partial charge in [-0.15, -0.1) is 0 Å². The molecule has 0 radical (unpaired) electrons. The van der Waals surface area contributed by atoms with Gasteiger partial charge in [-0.2, -0.15) is 0 Å². The fourth-order valence-electron chi connectivity index (χ4n) is 3.00. The van der Waals surface area contributed by atoms with E-state index in [-0.39, 0.29) is 5.91 Å². The zero-order valence-corrected chi connectivity index (χ0v) is 13.4. The van der Waals surface area contributed by atoms with Crippen LogP contribution in [0.25, 0.3) is 0 Å². The molecule has 0 aromatic heterocycles. The molecule has 0 aliphatic carbocycles. The number of amides is 1. The Labute approximate surface area is 137 Å². The molecule has 0 atom stereocenters. The first kappa shape index (κ1) is 15.6. The molecule has 1 heterocycles. The molecule has 23 heavy (non-hydrogen) atoms. The molecule has 4 nitrogen and oxygen atoms in total. The van der Waals surface area contributed by atoms with E-state index in [1.54, 1.807) is 19.2 Å². The summed E-state index contributed by atoms with van der Waals surface area (Å²) in [6.45, 7) is 3.50. The lowest BCUT2D eigenvalue weighted by Gasteiger charge is -2.28. The van der Waals surface area contributed by atoms with Crippen LogP contribution in [0, 0.1) is 0 Å². The van der Waals surface area contributed by atoms with Crippen LogP contribution in [0.3, 0.4) is 0 Å². The highest BCUT2D eigenvalue weighted by molar-refractivity contribution is 5.96. The van der Waals surface area contributed by atoms with Crippen LogP contribution < -0.4 is 10.1 Å². The summed E-state index contributed by atoms with van der Waals surface area (Å²) < 4.78 is 5.23. The van der Waals surface area contributed by atoms with Crippen molar-refractivity contribution < 1.29 is 9.53 Å². The van der Waals surface area contributed by atoms with Gasteiger partial charge in [0.2, 0.25) is 0 Å². The Balaban J connectivity index is 1.51. The molecule has 1 aliphatic rings. The van der Waals surface area contributed by atoms with Gasteiger partial charge in [0, 0.05) is 26.2 Å². The third kappa shape index (κ3) is 3.71. The molecule has 1 amide bonds. The number of hydrogen-bond donors (Lipinski definition) is 1. The Morgan fingerprint density at radius 3 is 2.70 bits per heavy atom. The quantitative estimate of drug-likeness (QED) is 0.922. The van der Waals surface area contributed by atoms with Crippen LogP contribution in [0.1, 0.15) is 21.5 Å². The van der Waals surface area contributed by atoms with Crippen LogP contribution >= 0.6 is 0 Å². The summed E-state index contributed by atoms with van der Waals surface area (Å²) in [7, 11) is 1.58. The van der Waals surface area contributed by atoms with Crippen LogP contribution in [0.5, 0.6) is 5.75 Å². The number of fused-ring (bicyclic) bond motifs is 1. The SMILES string of the molecule is COc1ccccc1C(=O)NCCN1CCc2ccccc2C1. The fraction of sp³-hybridized carbons (Fsp3) is 0.316. The molecule has 0 saturated heterocycles. The van der Waals surface area contributed by atoms with E-state index >= 15 is 0 Å². The second-order valence-corrected chi connectivity index (χ2v) is 5.75. The Bertz CT molecular complexity index is 685. The number of nitrogens with zero attached hydrogens (tertiary/aromatic N) is 1. The molecule has 120 valence electrons. The van der Waals surface area contributed by atoms with E-state index in [2.05, 4.69) is 34.5 Å². The average molecular weight is 310 g/mol. The zero-order valence-electron chi connectivity index (χ0n) is 13.4. The number of para-hydroxylation sites is 1. The van der Waals surface area contributed by atoms with Gasteiger partial charge >= 0.3 is 0 Å². The molecule has 0 saturated carbocycles. The Kier molecular flexibility index (Phi) is 4.93. The Morgan fingerprint density at radius 2 is 1.87 bits per heavy atom. The Hall–Kier alpha value is -2.33. The van der Waals surface area contributed by atoms with Crippen LogP contribution in [0.4, 0.5) is 0 Å². The van der Waals surface area contributed by atoms with E-state index in [0.717, 1.165) is 26.1 Å². The van der Waals surface area contributed by atoms with Crippen molar-refractivity contribution in [1.29, 1.82) is 0 Å². The van der Waals surface area contributed by atoms with Gasteiger partial charge in [0.25, 0.3) is 5.91 Å². The molecule has 4 heteroatoms. The van der Waals surface area contributed by atoms with Crippen LogP contribution in [-0.4, -0.2) is 37.6 Å². The van der Waals surface area contributed by atoms with Gasteiger partial charge in [-0.1, -0.05) is 36.4 Å². The summed E-state index contributed by atoms with van der Waals surface area (Å²) in [5.74, 6) is 0.525. The minimum absolute atomic E-state index is 0.0835. The topological polar surface area (TPSA) is 41.6 Å². The molecule has 1 aliphatic heterocycles. The minimum Gasteiger partial charge on any atom is -0.496 e. The van der Waals surface area contributed by atoms with E-state index in [4.69, 9.17) is 4.74 Å². The lowest BCUT2D eigenvalue weighted by Crippen LogP contribution is -2.37. The number of rotatable bonds is 5. The van der Waals surface area contributed by atoms with Crippen molar-refractivity contribution >= 4 is 5.91 Å². The number of benzene rings is 2. The Morgan fingerprint density at radius 1 is 1.13 bits per heavy atom. The summed E-state index contributed by atoms with van der Waals surface area (Å²) in [5, 5.41) is 2.98. The first-order valence-corrected chi connectivity index (χ1v) is 7.98. The van der Waals surface area contributed by atoms with Gasteiger partial charge in [0.1, 0.15) is 5.75 Å². The van der Waals surface area contributed by atoms with Crippen molar-refractivity contribution in [3.05, 3.63) is 65.2 Å². The minimum atomic E-state index is -0.0835. The molecule has 2 aromatic carbocycles. The van der Waals surface area contributed by atoms with E-state index < -0.39 is 0 Å². The standard InChI is InChI=1S/C19H22N2O2/c1-23-18-9-5-4-8-17(18)19(22)20-11-13-21-12-10-15-6-2-3-7-16(15)14-21/h2-9H,10-14H2,1H3,(H,20,22). The number of nitrogens with one attached hydrogen (secondary N) is 1. The van der Waals surface area contributed by atoms with Gasteiger partial charge in [0.15, 0.2) is 0 Å². The average Bonchev–Trinajstić information content (AvgIpc) is 2.61. The lowest BCUT2D eigenvalue weighted by atomic mass is 10.00. The maximum Gasteiger partial charge on any atom is 0.255 e. The third-order valence-electron chi connectivity index (χ3n) is 4.27. The largest absolute Gasteiger partial charge is 0.496 e. The number of hydrogen-bond acceptors (Lipinski definition) is 3. The zero-order chi connectivity index (χ0) is 16.1. The summed E-state index contributed by atoms with van der Waals surface area (Å²) in [6, 6.07) is 15.9. The van der Waals surface area contributed by atoms with Crippen molar-refractivity contribution in [3.63, 3.8) is 0 Å². The van der Waals surface area contributed by atoms with Crippen LogP contribution in [0.2, 0.25) is 0 Å². The number of carbonyl (C=O) groups is 1. The van der Waals surface area contributed by atoms with Gasteiger partial charge in [-0.25, -0.2) is 0 Å². The second kappa shape index (κ2) is 7.29. The summed E-state index contributed by atoms with van der Waals surface area (Å²) in [4.78, 5) is 14.6. The van der Waals surface area contributed by atoms with Gasteiger partial charge in [-0.3, -0.25) is 9.69 Å². The first-order chi connectivity index (χ1) is 11.3. The van der Waals surface area contributed by atoms with Crippen LogP contribution in [-0.2, 0) is 13.0 Å². The molecule has 0 spiro atoms. The van der Waals surface area contributed by atoms with Gasteiger partial charge in [0.05, 0.1) is 12.7 Å². The smallest absolute Gasteiger partial charge is 0.255 e. The fourth-order valence-corrected chi connectivity index (χ4v) is 3.00. The van der Waals surface area contributed by atoms with E-state index in [1.165, 1.54) is 11.1 Å². The van der Waals surface area contributed by atoms with Crippen molar-refractivity contribution in [2.75, 3.05) is 26.7 Å². The molecular weight excluding hydrogens is 288 g/mol. The van der Waals surface area contributed by atoms with Crippen LogP contribution in [0.15, 0.2) is 48.5 Å². The molecule has 0 fully saturated rings. The van der Waals surface area contributed by atoms with E-state index in [0.29, 0.717) is 17.9 Å². The maximum atomic E-state index is 12.3. The first-order valence-electron chi connectivity index (χ1n) is 7.98. The van der Waals surface area contributed by atoms with Crippen molar-refractivity contribution in [2.24, 2.45) is 0 Å². The van der Waals surface area contributed by atoms with E-state index in [1.807, 2.05) is 12.1 Å². The van der Waals surface area contributed by atoms with Gasteiger partial charge < -0.3 is 10.1 Å². The lowest BCUT2D eigenvalue weighted by molar-refractivity contribution is 0.0944. The highest BCUT2D eigenvalue weighted by atomic mass is 16.5. The summed E-state index contributed by atoms with van der Waals surface area (Å²) >= 11 is 0. The second-order valence-electron chi connectivity index (χ2n) is 5.75. The highest BCUT2D eigenvalue weighted by Gasteiger charge is 2.16. The monoisotopic (exact) mass is 310 g/mol. The number of ether oxygens (including phenoxy) is 1. The molecular formula is C19H22N2O2. The van der Waals surface area contributed by atoms with Crippen molar-refractivity contribution in [1.82, 2.24) is 10.2 Å². The highest BCUT2D eigenvalue weighted by Crippen LogP contribution is 2.18. The summed E-state index contributed by atoms with van der Waals surface area (Å²) in [6.07, 6.45) is 1.08. The third-order valence-corrected chi connectivity index (χ3v) is 4.27.